The Balaban J connectivity index is 1.75. The normalized spacial score (nSPS) is 11.8. The third-order valence-electron chi connectivity index (χ3n) is 3.15. The van der Waals surface area contributed by atoms with Crippen LogP contribution in [0.25, 0.3) is 5.69 Å². The van der Waals surface area contributed by atoms with Crippen LogP contribution in [0.4, 0.5) is 0 Å². The van der Waals surface area contributed by atoms with Crippen molar-refractivity contribution in [2.45, 2.75) is 37.1 Å². The monoisotopic (exact) mass is 364 g/mol. The van der Waals surface area contributed by atoms with E-state index in [1.54, 1.807) is 29.4 Å². The Morgan fingerprint density at radius 2 is 2.13 bits per heavy atom. The number of thioether (sulfide) groups is 1. The largest absolute Gasteiger partial charge is 0.277 e. The third kappa shape index (κ3) is 3.94. The molecule has 0 amide bonds. The first-order chi connectivity index (χ1) is 10.9. The van der Waals surface area contributed by atoms with E-state index < -0.39 is 0 Å². The van der Waals surface area contributed by atoms with E-state index in [-0.39, 0.29) is 5.41 Å². The molecule has 0 bridgehead atoms. The Hall–Kier alpha value is -1.37. The minimum Gasteiger partial charge on any atom is -0.277 e. The van der Waals surface area contributed by atoms with E-state index in [0.29, 0.717) is 5.02 Å². The molecule has 0 aliphatic carbocycles. The summed E-state index contributed by atoms with van der Waals surface area (Å²) in [6.45, 7) is 6.54. The van der Waals surface area contributed by atoms with Crippen LogP contribution in [0, 0.1) is 0 Å². The molecular weight excluding hydrogens is 348 g/mol. The lowest BCUT2D eigenvalue weighted by Gasteiger charge is -2.13. The Bertz CT molecular complexity index is 804. The van der Waals surface area contributed by atoms with Crippen molar-refractivity contribution in [3.8, 4) is 5.69 Å². The van der Waals surface area contributed by atoms with Crippen molar-refractivity contribution in [1.82, 2.24) is 19.7 Å². The number of rotatable bonds is 4. The average molecular weight is 365 g/mol. The molecule has 0 fully saturated rings. The molecular formula is C16H17ClN4S2. The summed E-state index contributed by atoms with van der Waals surface area (Å²) >= 11 is 9.40. The zero-order valence-corrected chi connectivity index (χ0v) is 15.5. The molecule has 0 aliphatic rings. The number of thiazole rings is 1. The van der Waals surface area contributed by atoms with Gasteiger partial charge in [0.25, 0.3) is 0 Å². The van der Waals surface area contributed by atoms with Crippen molar-refractivity contribution in [2.75, 3.05) is 0 Å². The average Bonchev–Trinajstić information content (AvgIpc) is 3.14. The second-order valence-corrected chi connectivity index (χ2v) is 8.38. The van der Waals surface area contributed by atoms with Crippen LogP contribution in [0.5, 0.6) is 0 Å². The number of aromatic nitrogens is 4. The van der Waals surface area contributed by atoms with Gasteiger partial charge in [0.05, 0.1) is 16.4 Å². The molecule has 0 radical (unpaired) electrons. The summed E-state index contributed by atoms with van der Waals surface area (Å²) in [7, 11) is 0. The summed E-state index contributed by atoms with van der Waals surface area (Å²) in [4.78, 5) is 4.72. The molecule has 1 aromatic carbocycles. The van der Waals surface area contributed by atoms with Gasteiger partial charge in [-0.25, -0.2) is 4.98 Å². The molecule has 0 unspecified atom stereocenters. The van der Waals surface area contributed by atoms with Gasteiger partial charge in [-0.15, -0.1) is 21.5 Å². The summed E-state index contributed by atoms with van der Waals surface area (Å²) in [5, 5.41) is 13.0. The summed E-state index contributed by atoms with van der Waals surface area (Å²) < 4.78 is 1.94. The highest BCUT2D eigenvalue weighted by Crippen LogP contribution is 2.29. The molecule has 3 aromatic rings. The second kappa shape index (κ2) is 6.63. The summed E-state index contributed by atoms with van der Waals surface area (Å²) in [5.74, 6) is 0.770. The van der Waals surface area contributed by atoms with E-state index in [4.69, 9.17) is 16.6 Å². The van der Waals surface area contributed by atoms with Gasteiger partial charge in [-0.1, -0.05) is 50.2 Å². The fourth-order valence-electron chi connectivity index (χ4n) is 1.98. The summed E-state index contributed by atoms with van der Waals surface area (Å²) in [6.07, 6.45) is 1.70. The van der Waals surface area contributed by atoms with Gasteiger partial charge in [-0.2, -0.15) is 0 Å². The number of hydrogen-bond donors (Lipinski definition) is 0. The van der Waals surface area contributed by atoms with Gasteiger partial charge in [-0.3, -0.25) is 4.57 Å². The number of halogens is 1. The van der Waals surface area contributed by atoms with Gasteiger partial charge in [0.15, 0.2) is 5.16 Å². The molecule has 120 valence electrons. The molecule has 0 spiro atoms. The van der Waals surface area contributed by atoms with Crippen LogP contribution in [-0.4, -0.2) is 19.7 Å². The quantitative estimate of drug-likeness (QED) is 0.613. The Labute approximate surface area is 148 Å². The van der Waals surface area contributed by atoms with Gasteiger partial charge in [-0.05, 0) is 18.2 Å². The van der Waals surface area contributed by atoms with Gasteiger partial charge in [0.1, 0.15) is 6.33 Å². The van der Waals surface area contributed by atoms with Crippen LogP contribution >= 0.6 is 34.7 Å². The lowest BCUT2D eigenvalue weighted by atomic mass is 9.98. The van der Waals surface area contributed by atoms with E-state index in [2.05, 4.69) is 36.3 Å². The van der Waals surface area contributed by atoms with E-state index in [1.165, 1.54) is 0 Å². The van der Waals surface area contributed by atoms with E-state index >= 15 is 0 Å². The first-order valence-electron chi connectivity index (χ1n) is 7.17. The predicted octanol–water partition coefficient (Wildman–Crippen LogP) is 4.97. The van der Waals surface area contributed by atoms with Crippen molar-refractivity contribution >= 4 is 34.7 Å². The number of benzene rings is 1. The molecule has 0 atom stereocenters. The van der Waals surface area contributed by atoms with Crippen LogP contribution in [0.2, 0.25) is 5.02 Å². The first-order valence-corrected chi connectivity index (χ1v) is 9.41. The Kier molecular flexibility index (Phi) is 4.75. The number of hydrogen-bond acceptors (Lipinski definition) is 5. The van der Waals surface area contributed by atoms with Crippen LogP contribution in [-0.2, 0) is 11.2 Å². The molecule has 0 aliphatic heterocycles. The van der Waals surface area contributed by atoms with Crippen LogP contribution in [0.15, 0.2) is 41.1 Å². The SMILES string of the molecule is CC(C)(C)c1nc(CSc2nncn2-c2cccc(Cl)c2)cs1. The highest BCUT2D eigenvalue weighted by atomic mass is 35.5. The lowest BCUT2D eigenvalue weighted by molar-refractivity contribution is 0.584. The molecule has 0 saturated heterocycles. The maximum atomic E-state index is 6.06. The summed E-state index contributed by atoms with van der Waals surface area (Å²) in [5.41, 5.74) is 2.12. The number of nitrogens with zero attached hydrogens (tertiary/aromatic N) is 4. The maximum absolute atomic E-state index is 6.06. The molecule has 4 nitrogen and oxygen atoms in total. The van der Waals surface area contributed by atoms with Gasteiger partial charge in [0.2, 0.25) is 0 Å². The smallest absolute Gasteiger partial charge is 0.195 e. The van der Waals surface area contributed by atoms with Crippen LogP contribution in [0.1, 0.15) is 31.5 Å². The highest BCUT2D eigenvalue weighted by molar-refractivity contribution is 7.98. The van der Waals surface area contributed by atoms with Gasteiger partial charge in [0, 0.05) is 21.6 Å². The first kappa shape index (κ1) is 16.5. The minimum atomic E-state index is 0.0917. The molecule has 3 rings (SSSR count). The van der Waals surface area contributed by atoms with Crippen molar-refractivity contribution < 1.29 is 0 Å². The minimum absolute atomic E-state index is 0.0917. The van der Waals surface area contributed by atoms with Crippen LogP contribution in [0.3, 0.4) is 0 Å². The fourth-order valence-corrected chi connectivity index (χ4v) is 4.00. The fraction of sp³-hybridized carbons (Fsp3) is 0.312. The highest BCUT2D eigenvalue weighted by Gasteiger charge is 2.18. The lowest BCUT2D eigenvalue weighted by Crippen LogP contribution is -2.10. The Morgan fingerprint density at radius 3 is 2.83 bits per heavy atom. The standard InChI is InChI=1S/C16H17ClN4S2/c1-16(2,3)14-19-12(8-22-14)9-23-15-20-18-10-21(15)13-6-4-5-11(17)7-13/h4-8,10H,9H2,1-3H3. The van der Waals surface area contributed by atoms with E-state index in [0.717, 1.165) is 27.3 Å². The van der Waals surface area contributed by atoms with Crippen LogP contribution < -0.4 is 0 Å². The van der Waals surface area contributed by atoms with Crippen molar-refractivity contribution in [1.29, 1.82) is 0 Å². The third-order valence-corrected chi connectivity index (χ3v) is 5.67. The van der Waals surface area contributed by atoms with E-state index in [1.807, 2.05) is 28.8 Å². The molecule has 2 aromatic heterocycles. The Morgan fingerprint density at radius 1 is 1.30 bits per heavy atom. The molecule has 0 saturated carbocycles. The van der Waals surface area contributed by atoms with Crippen molar-refractivity contribution in [3.63, 3.8) is 0 Å². The van der Waals surface area contributed by atoms with Gasteiger partial charge < -0.3 is 0 Å². The molecule has 7 heteroatoms. The van der Waals surface area contributed by atoms with Crippen molar-refractivity contribution in [3.05, 3.63) is 51.7 Å². The molecule has 23 heavy (non-hydrogen) atoms. The second-order valence-electron chi connectivity index (χ2n) is 6.15. The molecule has 2 heterocycles. The molecule has 0 N–H and O–H groups in total. The van der Waals surface area contributed by atoms with Crippen molar-refractivity contribution in [2.24, 2.45) is 0 Å². The summed E-state index contributed by atoms with van der Waals surface area (Å²) in [6, 6.07) is 7.66. The topological polar surface area (TPSA) is 43.6 Å². The maximum Gasteiger partial charge on any atom is 0.195 e. The zero-order valence-electron chi connectivity index (χ0n) is 13.2. The zero-order chi connectivity index (χ0) is 16.4. The van der Waals surface area contributed by atoms with E-state index in [9.17, 15) is 0 Å². The predicted molar refractivity (Wildman–Crippen MR) is 96.7 cm³/mol. The van der Waals surface area contributed by atoms with Gasteiger partial charge >= 0.3 is 0 Å².